The molecule has 2 N–H and O–H groups in total. The number of allylic oxidation sites excluding steroid dienone is 20. The number of unbranched alkanes of at least 4 members (excludes halogenated alkanes) is 12. The summed E-state index contributed by atoms with van der Waals surface area (Å²) in [7, 11) is -4.77. The number of aliphatic hydroxyl groups is 1. The molecule has 0 radical (unpaired) electrons. The molecule has 0 saturated carbocycles. The molecule has 0 aromatic heterocycles. The average molecular weight is 1030 g/mol. The van der Waals surface area contributed by atoms with Crippen LogP contribution < -0.4 is 0 Å². The quantitative estimate of drug-likeness (QED) is 0.0197. The number of rotatable bonds is 49. The summed E-state index contributed by atoms with van der Waals surface area (Å²) in [6.07, 6.45) is 64.7. The molecule has 0 aliphatic rings. The van der Waals surface area contributed by atoms with Crippen LogP contribution in [0.3, 0.4) is 0 Å². The van der Waals surface area contributed by atoms with Gasteiger partial charge in [-0.05, 0) is 103 Å². The summed E-state index contributed by atoms with van der Waals surface area (Å²) in [6.45, 7) is 4.26. The SMILES string of the molecule is CC/C=C\C/C=C\C/C=C\C/C=C\C/C=C\CCCCCC(=O)OC(COC(=O)CCC/C=C\C/C=C\C/C=C\C/C=C\C/C=C\CC)COP(=O)(O)OCC(CO)OC(=O)CCCCCCCCCCC. The number of ether oxygens (including phenoxy) is 3. The molecular weight excluding hydrogens is 928 g/mol. The van der Waals surface area contributed by atoms with Gasteiger partial charge in [0.2, 0.25) is 0 Å². The second kappa shape index (κ2) is 53.2. The number of carbonyl (C=O) groups is 3. The number of esters is 3. The number of phosphoric acid groups is 1. The first-order valence-electron chi connectivity index (χ1n) is 27.4. The molecular formula is C60H97O11P. The number of hydrogen-bond donors (Lipinski definition) is 2. The first-order chi connectivity index (χ1) is 35.2. The van der Waals surface area contributed by atoms with Gasteiger partial charge in [-0.15, -0.1) is 0 Å². The number of aliphatic hydroxyl groups excluding tert-OH is 1. The lowest BCUT2D eigenvalue weighted by Crippen LogP contribution is -2.30. The zero-order chi connectivity index (χ0) is 52.7. The second-order valence-corrected chi connectivity index (χ2v) is 19.1. The standard InChI is InChI=1S/C60H97O11P/c1-4-7-10-13-16-19-21-23-25-27-28-30-32-34-36-39-42-45-48-51-60(64)71-57(53-67-58(62)49-46-43-40-38-35-33-31-29-26-24-22-20-17-14-11-8-5-2)55-69-72(65,66)68-54-56(52-61)70-59(63)50-47-44-41-37-18-15-12-9-6-3/h7-8,10-11,16-17,19-20,23-26,28,30-31,33-34,36,38,40,56-57,61H,4-6,9,12-15,18,21-22,27,29,32,35,37,39,41-55H2,1-3H3,(H,65,66)/b10-7-,11-8-,19-16-,20-17-,25-23-,26-24-,30-28-,33-31-,36-34-,40-38-. The van der Waals surface area contributed by atoms with E-state index in [0.717, 1.165) is 103 Å². The number of carbonyl (C=O) groups excluding carboxylic acids is 3. The molecule has 3 unspecified atom stereocenters. The molecule has 408 valence electrons. The molecule has 3 atom stereocenters. The molecule has 0 aromatic carbocycles. The van der Waals surface area contributed by atoms with Crippen molar-refractivity contribution in [2.45, 2.75) is 213 Å². The highest BCUT2D eigenvalue weighted by molar-refractivity contribution is 7.47. The van der Waals surface area contributed by atoms with E-state index in [1.165, 1.54) is 32.1 Å². The lowest BCUT2D eigenvalue weighted by molar-refractivity contribution is -0.161. The molecule has 0 bridgehead atoms. The van der Waals surface area contributed by atoms with Crippen LogP contribution in [0.2, 0.25) is 0 Å². The van der Waals surface area contributed by atoms with Crippen molar-refractivity contribution in [2.75, 3.05) is 26.4 Å². The van der Waals surface area contributed by atoms with Crippen LogP contribution in [0.15, 0.2) is 122 Å². The van der Waals surface area contributed by atoms with E-state index in [1.54, 1.807) is 0 Å². The third-order valence-corrected chi connectivity index (χ3v) is 11.8. The van der Waals surface area contributed by atoms with Gasteiger partial charge in [-0.25, -0.2) is 4.57 Å². The second-order valence-electron chi connectivity index (χ2n) is 17.6. The summed E-state index contributed by atoms with van der Waals surface area (Å²) in [4.78, 5) is 48.4. The summed E-state index contributed by atoms with van der Waals surface area (Å²) >= 11 is 0. The highest BCUT2D eigenvalue weighted by Gasteiger charge is 2.28. The largest absolute Gasteiger partial charge is 0.472 e. The fraction of sp³-hybridized carbons (Fsp3) is 0.617. The monoisotopic (exact) mass is 1020 g/mol. The van der Waals surface area contributed by atoms with Crippen molar-refractivity contribution in [1.82, 2.24) is 0 Å². The minimum absolute atomic E-state index is 0.110. The Morgan fingerprint density at radius 1 is 0.403 bits per heavy atom. The van der Waals surface area contributed by atoms with Gasteiger partial charge in [0.15, 0.2) is 6.10 Å². The molecule has 0 fully saturated rings. The predicted octanol–water partition coefficient (Wildman–Crippen LogP) is 16.0. The highest BCUT2D eigenvalue weighted by atomic mass is 31.2. The van der Waals surface area contributed by atoms with Crippen LogP contribution in [0.1, 0.15) is 201 Å². The third-order valence-electron chi connectivity index (χ3n) is 10.9. The van der Waals surface area contributed by atoms with E-state index in [2.05, 4.69) is 136 Å². The van der Waals surface area contributed by atoms with Crippen molar-refractivity contribution in [3.05, 3.63) is 122 Å². The number of hydrogen-bond acceptors (Lipinski definition) is 10. The van der Waals surface area contributed by atoms with Crippen LogP contribution in [-0.2, 0) is 42.2 Å². The Labute approximate surface area is 437 Å². The van der Waals surface area contributed by atoms with Crippen molar-refractivity contribution in [3.8, 4) is 0 Å². The third kappa shape index (κ3) is 50.8. The molecule has 0 heterocycles. The summed E-state index contributed by atoms with van der Waals surface area (Å²) in [5.41, 5.74) is 0. The van der Waals surface area contributed by atoms with Gasteiger partial charge in [-0.3, -0.25) is 23.4 Å². The van der Waals surface area contributed by atoms with Crippen LogP contribution in [0.25, 0.3) is 0 Å². The first kappa shape index (κ1) is 67.9. The molecule has 0 aliphatic carbocycles. The van der Waals surface area contributed by atoms with E-state index in [4.69, 9.17) is 23.3 Å². The molecule has 0 saturated heterocycles. The molecule has 12 heteroatoms. The molecule has 72 heavy (non-hydrogen) atoms. The summed E-state index contributed by atoms with van der Waals surface area (Å²) in [5.74, 6) is -1.59. The molecule has 0 aromatic rings. The fourth-order valence-corrected chi connectivity index (χ4v) is 7.55. The van der Waals surface area contributed by atoms with Crippen molar-refractivity contribution in [3.63, 3.8) is 0 Å². The van der Waals surface area contributed by atoms with Crippen LogP contribution in [0, 0.1) is 0 Å². The normalized spacial score (nSPS) is 14.3. The molecule has 0 aliphatic heterocycles. The predicted molar refractivity (Wildman–Crippen MR) is 297 cm³/mol. The van der Waals surface area contributed by atoms with E-state index in [-0.39, 0.29) is 25.9 Å². The Morgan fingerprint density at radius 3 is 1.15 bits per heavy atom. The zero-order valence-electron chi connectivity index (χ0n) is 44.8. The Hall–Kier alpha value is -4.12. The molecule has 0 rings (SSSR count). The van der Waals surface area contributed by atoms with Gasteiger partial charge < -0.3 is 24.2 Å². The minimum Gasteiger partial charge on any atom is -0.462 e. The molecule has 11 nitrogen and oxygen atoms in total. The van der Waals surface area contributed by atoms with Crippen molar-refractivity contribution in [1.29, 1.82) is 0 Å². The van der Waals surface area contributed by atoms with Gasteiger partial charge >= 0.3 is 25.7 Å². The summed E-state index contributed by atoms with van der Waals surface area (Å²) in [5, 5.41) is 9.76. The van der Waals surface area contributed by atoms with Gasteiger partial charge in [0, 0.05) is 19.3 Å². The Balaban J connectivity index is 4.90. The van der Waals surface area contributed by atoms with Crippen LogP contribution >= 0.6 is 7.82 Å². The van der Waals surface area contributed by atoms with Gasteiger partial charge in [0.1, 0.15) is 12.7 Å². The first-order valence-corrected chi connectivity index (χ1v) is 28.9. The maximum Gasteiger partial charge on any atom is 0.472 e. The molecule has 0 amide bonds. The summed E-state index contributed by atoms with van der Waals surface area (Å²) in [6, 6.07) is 0. The van der Waals surface area contributed by atoms with Gasteiger partial charge in [0.25, 0.3) is 0 Å². The maximum atomic E-state index is 12.9. The van der Waals surface area contributed by atoms with E-state index in [1.807, 2.05) is 6.08 Å². The summed E-state index contributed by atoms with van der Waals surface area (Å²) < 4.78 is 39.3. The van der Waals surface area contributed by atoms with Crippen molar-refractivity contribution >= 4 is 25.7 Å². The molecule has 0 spiro atoms. The van der Waals surface area contributed by atoms with E-state index in [0.29, 0.717) is 25.7 Å². The Kier molecular flexibility index (Phi) is 50.1. The Morgan fingerprint density at radius 2 is 0.736 bits per heavy atom. The van der Waals surface area contributed by atoms with Crippen molar-refractivity contribution < 1.29 is 52.2 Å². The van der Waals surface area contributed by atoms with Gasteiger partial charge in [-0.1, -0.05) is 200 Å². The maximum absolute atomic E-state index is 12.9. The fourth-order valence-electron chi connectivity index (χ4n) is 6.77. The lowest BCUT2D eigenvalue weighted by Gasteiger charge is -2.21. The van der Waals surface area contributed by atoms with Crippen LogP contribution in [-0.4, -0.2) is 66.5 Å². The lowest BCUT2D eigenvalue weighted by atomic mass is 10.1. The topological polar surface area (TPSA) is 155 Å². The number of phosphoric ester groups is 1. The smallest absolute Gasteiger partial charge is 0.462 e. The van der Waals surface area contributed by atoms with Gasteiger partial charge in [-0.2, -0.15) is 0 Å². The highest BCUT2D eigenvalue weighted by Crippen LogP contribution is 2.43. The van der Waals surface area contributed by atoms with Gasteiger partial charge in [0.05, 0.1) is 19.8 Å². The van der Waals surface area contributed by atoms with E-state index in [9.17, 15) is 28.9 Å². The Bertz CT molecular complexity index is 1670. The van der Waals surface area contributed by atoms with Crippen LogP contribution in [0.4, 0.5) is 0 Å². The van der Waals surface area contributed by atoms with Crippen molar-refractivity contribution in [2.24, 2.45) is 0 Å². The van der Waals surface area contributed by atoms with Crippen LogP contribution in [0.5, 0.6) is 0 Å². The average Bonchev–Trinajstić information content (AvgIpc) is 3.37. The van der Waals surface area contributed by atoms with E-state index >= 15 is 0 Å². The minimum atomic E-state index is -4.77. The van der Waals surface area contributed by atoms with E-state index < -0.39 is 57.8 Å². The zero-order valence-corrected chi connectivity index (χ0v) is 45.7.